The number of hydrogen-bond acceptors (Lipinski definition) is 6. The van der Waals surface area contributed by atoms with E-state index in [-0.39, 0.29) is 41.7 Å². The summed E-state index contributed by atoms with van der Waals surface area (Å²) in [7, 11) is 2.16. The lowest BCUT2D eigenvalue weighted by Crippen LogP contribution is -2.91. The molecule has 2 spiro atoms. The van der Waals surface area contributed by atoms with E-state index >= 15 is 0 Å². The average Bonchev–Trinajstić information content (AvgIpc) is 3.22. The topological polar surface area (TPSA) is 76.2 Å². The highest BCUT2D eigenvalue weighted by Gasteiger charge is 2.85. The number of imide groups is 1. The van der Waals surface area contributed by atoms with Gasteiger partial charge in [0.25, 0.3) is 11.8 Å². The van der Waals surface area contributed by atoms with Gasteiger partial charge in [-0.3, -0.25) is 24.2 Å². The van der Waals surface area contributed by atoms with Crippen molar-refractivity contribution in [1.82, 2.24) is 9.80 Å². The maximum atomic E-state index is 12.9. The Balaban J connectivity index is 1.22. The predicted molar refractivity (Wildman–Crippen MR) is 99.6 cm³/mol. The molecule has 0 aromatic heterocycles. The molecule has 2 unspecified atom stereocenters. The third-order valence-electron chi connectivity index (χ3n) is 8.37. The molecule has 2 amide bonds. The van der Waals surface area contributed by atoms with Gasteiger partial charge in [-0.15, -0.1) is 0 Å². The summed E-state index contributed by atoms with van der Waals surface area (Å²) in [6, 6.07) is 4.50. The van der Waals surface area contributed by atoms with Gasteiger partial charge in [-0.2, -0.15) is 0 Å². The molecule has 1 aromatic rings. The minimum Gasteiger partial charge on any atom is -0.488 e. The molecule has 3 fully saturated rings. The van der Waals surface area contributed by atoms with Crippen molar-refractivity contribution in [3.8, 4) is 11.5 Å². The van der Waals surface area contributed by atoms with Crippen LogP contribution in [0.5, 0.6) is 11.5 Å². The first kappa shape index (κ1) is 16.2. The number of benzene rings is 1. The van der Waals surface area contributed by atoms with Gasteiger partial charge in [0.2, 0.25) is 0 Å². The molecule has 7 rings (SSSR count). The summed E-state index contributed by atoms with van der Waals surface area (Å²) in [5.74, 6) is 1.39. The molecular formula is C22H20N2O5. The number of carbonyl (C=O) groups excluding carboxylic acids is 3. The van der Waals surface area contributed by atoms with Crippen molar-refractivity contribution < 1.29 is 23.9 Å². The number of carbonyl (C=O) groups is 3. The highest BCUT2D eigenvalue weighted by Crippen LogP contribution is 2.78. The smallest absolute Gasteiger partial charge is 0.253 e. The molecular weight excluding hydrogens is 372 g/mol. The third kappa shape index (κ3) is 1.55. The molecule has 6 aliphatic rings. The summed E-state index contributed by atoms with van der Waals surface area (Å²) >= 11 is 0. The Kier molecular flexibility index (Phi) is 2.63. The number of ether oxygens (including phenoxy) is 2. The van der Waals surface area contributed by atoms with Gasteiger partial charge in [0.1, 0.15) is 6.61 Å². The second kappa shape index (κ2) is 4.73. The van der Waals surface area contributed by atoms with Crippen LogP contribution in [-0.2, 0) is 26.2 Å². The Morgan fingerprint density at radius 1 is 1.21 bits per heavy atom. The fourth-order valence-corrected chi connectivity index (χ4v) is 7.38. The summed E-state index contributed by atoms with van der Waals surface area (Å²) < 4.78 is 12.3. The minimum absolute atomic E-state index is 0.0429. The molecule has 0 N–H and O–H groups in total. The normalized spacial score (nSPS) is 39.8. The molecule has 3 heterocycles. The van der Waals surface area contributed by atoms with Crippen LogP contribution in [0.25, 0.3) is 0 Å². The Hall–Kier alpha value is -2.67. The molecule has 5 atom stereocenters. The van der Waals surface area contributed by atoms with E-state index in [1.54, 1.807) is 0 Å². The van der Waals surface area contributed by atoms with Crippen LogP contribution in [0.3, 0.4) is 0 Å². The van der Waals surface area contributed by atoms with E-state index in [1.165, 1.54) is 23.3 Å². The maximum absolute atomic E-state index is 12.9. The summed E-state index contributed by atoms with van der Waals surface area (Å²) in [6.45, 7) is 0.381. The molecule has 1 aromatic carbocycles. The van der Waals surface area contributed by atoms with Gasteiger partial charge in [-0.1, -0.05) is 6.07 Å². The van der Waals surface area contributed by atoms with Crippen molar-refractivity contribution in [2.45, 2.75) is 42.4 Å². The number of piperidine rings is 1. The van der Waals surface area contributed by atoms with Crippen molar-refractivity contribution in [3.05, 3.63) is 35.4 Å². The van der Waals surface area contributed by atoms with Crippen molar-refractivity contribution in [2.24, 2.45) is 5.92 Å². The lowest BCUT2D eigenvalue weighted by molar-refractivity contribution is -0.278. The second-order valence-corrected chi connectivity index (χ2v) is 9.26. The first-order valence-electron chi connectivity index (χ1n) is 10.2. The molecule has 29 heavy (non-hydrogen) atoms. The fourth-order valence-electron chi connectivity index (χ4n) is 7.38. The Morgan fingerprint density at radius 3 is 2.79 bits per heavy atom. The van der Waals surface area contributed by atoms with E-state index in [0.29, 0.717) is 29.9 Å². The molecule has 148 valence electrons. The summed E-state index contributed by atoms with van der Waals surface area (Å²) in [4.78, 5) is 39.9. The molecule has 3 aliphatic heterocycles. The summed E-state index contributed by atoms with van der Waals surface area (Å²) in [5, 5.41) is 0. The van der Waals surface area contributed by atoms with Crippen LogP contribution in [0.4, 0.5) is 0 Å². The SMILES string of the molecule is CN1[C@@H]2Cc3ccc(OCCN4C(=O)C=CC4=O)c4c3[C@@]35CC1(CC(=O)[C@@H]3O4)C25. The first-order valence-corrected chi connectivity index (χ1v) is 10.2. The molecule has 7 heteroatoms. The molecule has 1 saturated heterocycles. The lowest BCUT2D eigenvalue weighted by Gasteiger charge is -2.81. The number of nitrogens with zero attached hydrogens (tertiary/aromatic N) is 2. The van der Waals surface area contributed by atoms with Crippen LogP contribution in [-0.4, -0.2) is 65.3 Å². The number of likely N-dealkylation sites (tertiary alicyclic amines) is 1. The quantitative estimate of drug-likeness (QED) is 0.699. The Bertz CT molecular complexity index is 1060. The number of rotatable bonds is 4. The summed E-state index contributed by atoms with van der Waals surface area (Å²) in [5.41, 5.74) is 2.31. The second-order valence-electron chi connectivity index (χ2n) is 9.26. The molecule has 2 saturated carbocycles. The Labute approximate surface area is 167 Å². The largest absolute Gasteiger partial charge is 0.488 e. The monoisotopic (exact) mass is 392 g/mol. The fraction of sp³-hybridized carbons (Fsp3) is 0.500. The molecule has 2 bridgehead atoms. The van der Waals surface area contributed by atoms with Crippen molar-refractivity contribution in [3.63, 3.8) is 0 Å². The number of likely N-dealkylation sites (N-methyl/N-ethyl adjacent to an activating group) is 1. The van der Waals surface area contributed by atoms with Crippen LogP contribution < -0.4 is 9.47 Å². The van der Waals surface area contributed by atoms with E-state index < -0.39 is 6.10 Å². The van der Waals surface area contributed by atoms with Crippen molar-refractivity contribution in [1.29, 1.82) is 0 Å². The predicted octanol–water partition coefficient (Wildman–Crippen LogP) is 0.591. The summed E-state index contributed by atoms with van der Waals surface area (Å²) in [6.07, 6.45) is 4.71. The van der Waals surface area contributed by atoms with Gasteiger partial charge < -0.3 is 9.47 Å². The third-order valence-corrected chi connectivity index (χ3v) is 8.37. The van der Waals surface area contributed by atoms with E-state index in [9.17, 15) is 14.4 Å². The minimum atomic E-state index is -0.393. The number of amides is 2. The van der Waals surface area contributed by atoms with Gasteiger partial charge in [0, 0.05) is 41.6 Å². The standard InChI is InChI=1S/C22H20N2O5/c1-23-12-8-11-2-3-14(28-7-6-24-15(26)4-5-16(24)27)18-17(11)22-10-21(23,19(12)22)9-13(25)20(22)29-18/h2-5,12,19-20H,6-10H2,1H3/t12-,19?,20+,21?,22-/m1/s1. The van der Waals surface area contributed by atoms with Gasteiger partial charge >= 0.3 is 0 Å². The average molecular weight is 392 g/mol. The van der Waals surface area contributed by atoms with Crippen LogP contribution >= 0.6 is 0 Å². The van der Waals surface area contributed by atoms with Crippen LogP contribution in [0.15, 0.2) is 24.3 Å². The first-order chi connectivity index (χ1) is 14.0. The molecule has 0 radical (unpaired) electrons. The zero-order valence-corrected chi connectivity index (χ0v) is 16.0. The van der Waals surface area contributed by atoms with Crippen LogP contribution in [0, 0.1) is 5.92 Å². The zero-order valence-electron chi connectivity index (χ0n) is 16.0. The number of ketones is 1. The van der Waals surface area contributed by atoms with Gasteiger partial charge in [0.05, 0.1) is 12.0 Å². The molecule has 3 aliphatic carbocycles. The van der Waals surface area contributed by atoms with E-state index in [1.807, 2.05) is 6.07 Å². The van der Waals surface area contributed by atoms with Crippen LogP contribution in [0.1, 0.15) is 24.0 Å². The van der Waals surface area contributed by atoms with Crippen molar-refractivity contribution in [2.75, 3.05) is 20.2 Å². The highest BCUT2D eigenvalue weighted by atomic mass is 16.5. The van der Waals surface area contributed by atoms with Crippen LogP contribution in [0.2, 0.25) is 0 Å². The van der Waals surface area contributed by atoms with E-state index in [0.717, 1.165) is 17.7 Å². The molecule has 7 nitrogen and oxygen atoms in total. The van der Waals surface area contributed by atoms with Crippen molar-refractivity contribution >= 4 is 17.6 Å². The number of hydrogen-bond donors (Lipinski definition) is 0. The highest BCUT2D eigenvalue weighted by molar-refractivity contribution is 6.12. The Morgan fingerprint density at radius 2 is 2.00 bits per heavy atom. The van der Waals surface area contributed by atoms with Gasteiger partial charge in [-0.05, 0) is 31.5 Å². The maximum Gasteiger partial charge on any atom is 0.253 e. The number of Topliss-reactive ketones (excluding diaryl/α,β-unsaturated/α-hetero) is 1. The zero-order chi connectivity index (χ0) is 19.7. The lowest BCUT2D eigenvalue weighted by atomic mass is 9.31. The van der Waals surface area contributed by atoms with Gasteiger partial charge in [-0.25, -0.2) is 0 Å². The van der Waals surface area contributed by atoms with E-state index in [4.69, 9.17) is 9.47 Å². The van der Waals surface area contributed by atoms with Gasteiger partial charge in [0.15, 0.2) is 23.4 Å². The van der Waals surface area contributed by atoms with E-state index in [2.05, 4.69) is 18.0 Å².